The van der Waals surface area contributed by atoms with Gasteiger partial charge in [-0.1, -0.05) is 13.0 Å². The Labute approximate surface area is 133 Å². The smallest absolute Gasteiger partial charge is 0.245 e. The Morgan fingerprint density at radius 3 is 2.73 bits per heavy atom. The minimum atomic E-state index is -3.80. The van der Waals surface area contributed by atoms with Gasteiger partial charge in [-0.3, -0.25) is 4.79 Å². The first-order valence-electron chi connectivity index (χ1n) is 6.87. The van der Waals surface area contributed by atoms with Gasteiger partial charge in [0.05, 0.1) is 18.3 Å². The molecule has 9 heteroatoms. The maximum atomic E-state index is 12.8. The summed E-state index contributed by atoms with van der Waals surface area (Å²) in [5.74, 6) is -0.330. The van der Waals surface area contributed by atoms with Gasteiger partial charge in [0.25, 0.3) is 0 Å². The molecule has 2 aromatic rings. The second-order valence-electron chi connectivity index (χ2n) is 5.04. The topological polar surface area (TPSA) is 92.3 Å². The summed E-state index contributed by atoms with van der Waals surface area (Å²) in [6.07, 6.45) is 0. The van der Waals surface area contributed by atoms with Gasteiger partial charge in [0.2, 0.25) is 15.9 Å². The van der Waals surface area contributed by atoms with Gasteiger partial charge in [-0.05, 0) is 26.0 Å². The Kier molecular flexibility index (Phi) is 5.09. The van der Waals surface area contributed by atoms with Crippen molar-refractivity contribution in [3.63, 3.8) is 0 Å². The van der Waals surface area contributed by atoms with Gasteiger partial charge in [0, 0.05) is 12.6 Å². The van der Waals surface area contributed by atoms with E-state index < -0.39 is 10.0 Å². The van der Waals surface area contributed by atoms with E-state index in [0.717, 1.165) is 16.0 Å². The van der Waals surface area contributed by atoms with Crippen LogP contribution in [0.25, 0.3) is 11.0 Å². The molecule has 0 saturated carbocycles. The third-order valence-corrected chi connectivity index (χ3v) is 5.48. The fraction of sp³-hybridized carbons (Fsp3) is 0.462. The number of nitrogens with zero attached hydrogens (tertiary/aromatic N) is 3. The Balaban J connectivity index is 2.35. The van der Waals surface area contributed by atoms with E-state index in [2.05, 4.69) is 14.1 Å². The highest BCUT2D eigenvalue weighted by Crippen LogP contribution is 2.24. The number of aromatic nitrogens is 2. The maximum absolute atomic E-state index is 12.8. The summed E-state index contributed by atoms with van der Waals surface area (Å²) in [6, 6.07) is 4.78. The highest BCUT2D eigenvalue weighted by Gasteiger charge is 2.28. The van der Waals surface area contributed by atoms with Crippen LogP contribution in [0.2, 0.25) is 0 Å². The predicted octanol–water partition coefficient (Wildman–Crippen LogP) is 1.23. The van der Waals surface area contributed by atoms with Gasteiger partial charge in [-0.25, -0.2) is 8.42 Å². The quantitative estimate of drug-likeness (QED) is 0.852. The van der Waals surface area contributed by atoms with Crippen molar-refractivity contribution in [3.8, 4) is 0 Å². The van der Waals surface area contributed by atoms with Crippen LogP contribution in [0.1, 0.15) is 20.8 Å². The van der Waals surface area contributed by atoms with E-state index in [1.54, 1.807) is 19.1 Å². The molecule has 0 aliphatic rings. The zero-order chi connectivity index (χ0) is 16.3. The van der Waals surface area contributed by atoms with Crippen LogP contribution in [0.4, 0.5) is 0 Å². The molecule has 22 heavy (non-hydrogen) atoms. The van der Waals surface area contributed by atoms with Crippen LogP contribution < -0.4 is 5.32 Å². The Bertz CT molecular complexity index is 770. The van der Waals surface area contributed by atoms with Crippen molar-refractivity contribution in [2.45, 2.75) is 31.7 Å². The Morgan fingerprint density at radius 1 is 1.36 bits per heavy atom. The highest BCUT2D eigenvalue weighted by atomic mass is 32.2. The minimum absolute atomic E-state index is 0.0416. The van der Waals surface area contributed by atoms with E-state index in [4.69, 9.17) is 0 Å². The number of amides is 1. The lowest BCUT2D eigenvalue weighted by atomic mass is 10.3. The van der Waals surface area contributed by atoms with Gasteiger partial charge >= 0.3 is 0 Å². The van der Waals surface area contributed by atoms with Crippen molar-refractivity contribution in [3.05, 3.63) is 18.2 Å². The van der Waals surface area contributed by atoms with Gasteiger partial charge in [-0.2, -0.15) is 13.1 Å². The predicted molar refractivity (Wildman–Crippen MR) is 85.1 cm³/mol. The molecule has 0 aliphatic carbocycles. The second-order valence-corrected chi connectivity index (χ2v) is 7.48. The van der Waals surface area contributed by atoms with E-state index in [0.29, 0.717) is 11.0 Å². The van der Waals surface area contributed by atoms with Crippen LogP contribution in [0.15, 0.2) is 23.1 Å². The first kappa shape index (κ1) is 16.8. The molecule has 1 aromatic heterocycles. The van der Waals surface area contributed by atoms with Gasteiger partial charge < -0.3 is 5.32 Å². The zero-order valence-corrected chi connectivity index (χ0v) is 14.2. The molecular weight excluding hydrogens is 324 g/mol. The van der Waals surface area contributed by atoms with Crippen molar-refractivity contribution < 1.29 is 13.2 Å². The number of fused-ring (bicyclic) bond motifs is 1. The summed E-state index contributed by atoms with van der Waals surface area (Å²) in [4.78, 5) is 12.0. The summed E-state index contributed by atoms with van der Waals surface area (Å²) >= 11 is 0.963. The molecule has 1 aromatic carbocycles. The molecule has 0 radical (unpaired) electrons. The second kappa shape index (κ2) is 6.67. The van der Waals surface area contributed by atoms with Crippen LogP contribution in [0.5, 0.6) is 0 Å². The van der Waals surface area contributed by atoms with Crippen LogP contribution in [-0.4, -0.2) is 46.5 Å². The number of nitrogens with one attached hydrogen (secondary N) is 1. The van der Waals surface area contributed by atoms with Gasteiger partial charge in [-0.15, -0.1) is 0 Å². The number of sulfonamides is 1. The maximum Gasteiger partial charge on any atom is 0.245 e. The lowest BCUT2D eigenvalue weighted by Gasteiger charge is -2.20. The largest absolute Gasteiger partial charge is 0.353 e. The molecule has 0 bridgehead atoms. The summed E-state index contributed by atoms with van der Waals surface area (Å²) < 4.78 is 34.8. The highest BCUT2D eigenvalue weighted by molar-refractivity contribution is 7.89. The van der Waals surface area contributed by atoms with E-state index in [9.17, 15) is 13.2 Å². The fourth-order valence-electron chi connectivity index (χ4n) is 2.02. The molecule has 0 aliphatic heterocycles. The summed E-state index contributed by atoms with van der Waals surface area (Å²) in [6.45, 7) is 5.32. The minimum Gasteiger partial charge on any atom is -0.353 e. The van der Waals surface area contributed by atoms with Crippen LogP contribution in [0, 0.1) is 0 Å². The average Bonchev–Trinajstić information content (AvgIpc) is 2.91. The first-order valence-corrected chi connectivity index (χ1v) is 9.04. The van der Waals surface area contributed by atoms with Crippen molar-refractivity contribution in [2.24, 2.45) is 0 Å². The summed E-state index contributed by atoms with van der Waals surface area (Å²) in [7, 11) is -3.80. The number of hydrogen-bond acceptors (Lipinski definition) is 6. The molecule has 0 saturated heterocycles. The molecule has 1 heterocycles. The molecule has 0 atom stereocenters. The van der Waals surface area contributed by atoms with E-state index in [1.807, 2.05) is 13.8 Å². The molecule has 0 unspecified atom stereocenters. The lowest BCUT2D eigenvalue weighted by molar-refractivity contribution is -0.121. The standard InChI is InChI=1S/C13H18N4O3S2/c1-4-17(8-12(18)14-9(2)3)22(19,20)11-7-5-6-10-13(11)16-21-15-10/h5-7,9H,4,8H2,1-3H3,(H,14,18). The van der Waals surface area contributed by atoms with Crippen molar-refractivity contribution in [1.82, 2.24) is 18.4 Å². The molecule has 1 N–H and O–H groups in total. The van der Waals surface area contributed by atoms with E-state index in [1.165, 1.54) is 6.07 Å². The van der Waals surface area contributed by atoms with Crippen molar-refractivity contribution in [2.75, 3.05) is 13.1 Å². The molecule has 0 spiro atoms. The fourth-order valence-corrected chi connectivity index (χ4v) is 4.18. The normalized spacial score (nSPS) is 12.2. The number of hydrogen-bond donors (Lipinski definition) is 1. The third kappa shape index (κ3) is 3.42. The molecular formula is C13H18N4O3S2. The summed E-state index contributed by atoms with van der Waals surface area (Å²) in [5, 5.41) is 2.69. The monoisotopic (exact) mass is 342 g/mol. The first-order chi connectivity index (χ1) is 10.4. The molecule has 120 valence electrons. The number of carbonyl (C=O) groups is 1. The number of rotatable bonds is 6. The molecule has 2 rings (SSSR count). The number of benzene rings is 1. The van der Waals surface area contributed by atoms with Crippen LogP contribution in [-0.2, 0) is 14.8 Å². The summed E-state index contributed by atoms with van der Waals surface area (Å²) in [5.41, 5.74) is 0.879. The van der Waals surface area contributed by atoms with Crippen LogP contribution in [0.3, 0.4) is 0 Å². The van der Waals surface area contributed by atoms with Gasteiger partial charge in [0.15, 0.2) is 0 Å². The molecule has 7 nitrogen and oxygen atoms in total. The zero-order valence-electron chi connectivity index (χ0n) is 12.6. The van der Waals surface area contributed by atoms with E-state index >= 15 is 0 Å². The Morgan fingerprint density at radius 2 is 2.09 bits per heavy atom. The Hall–Kier alpha value is -1.58. The number of likely N-dealkylation sites (N-methyl/N-ethyl adjacent to an activating group) is 1. The number of carbonyl (C=O) groups excluding carboxylic acids is 1. The molecule has 0 fully saturated rings. The van der Waals surface area contributed by atoms with Gasteiger partial charge in [0.1, 0.15) is 15.9 Å². The SMILES string of the molecule is CCN(CC(=O)NC(C)C)S(=O)(=O)c1cccc2nsnc12. The van der Waals surface area contributed by atoms with Crippen molar-refractivity contribution in [1.29, 1.82) is 0 Å². The lowest BCUT2D eigenvalue weighted by Crippen LogP contribution is -2.42. The third-order valence-electron chi connectivity index (χ3n) is 2.99. The molecule has 1 amide bonds. The van der Waals surface area contributed by atoms with Crippen molar-refractivity contribution >= 4 is 38.7 Å². The van der Waals surface area contributed by atoms with Crippen LogP contribution >= 0.6 is 11.7 Å². The van der Waals surface area contributed by atoms with E-state index in [-0.39, 0.29) is 29.9 Å². The average molecular weight is 342 g/mol.